The van der Waals surface area contributed by atoms with E-state index in [1.54, 1.807) is 6.08 Å². The summed E-state index contributed by atoms with van der Waals surface area (Å²) >= 11 is 0. The number of carbonyl (C=O) groups excluding carboxylic acids is 2. The maximum absolute atomic E-state index is 12.5. The van der Waals surface area contributed by atoms with Crippen LogP contribution in [0.5, 0.6) is 0 Å². The first-order valence-electron chi connectivity index (χ1n) is 6.59. The Morgan fingerprint density at radius 3 is 2.68 bits per heavy atom. The highest BCUT2D eigenvalue weighted by atomic mass is 16.2. The SMILES string of the molecule is CC1CC12C(=O)N(Cc1ccccc1)CC2N=C=O. The number of aliphatic imine (C=N–C) groups is 1. The highest BCUT2D eigenvalue weighted by Crippen LogP contribution is 2.60. The molecule has 1 saturated carbocycles. The summed E-state index contributed by atoms with van der Waals surface area (Å²) in [5.74, 6) is 0.468. The minimum atomic E-state index is -0.411. The fraction of sp³-hybridized carbons (Fsp3) is 0.467. The molecule has 0 radical (unpaired) electrons. The molecule has 0 N–H and O–H groups in total. The molecule has 1 aliphatic carbocycles. The molecule has 1 aromatic rings. The van der Waals surface area contributed by atoms with Crippen molar-refractivity contribution in [3.05, 3.63) is 35.9 Å². The largest absolute Gasteiger partial charge is 0.336 e. The Balaban J connectivity index is 1.82. The molecule has 98 valence electrons. The second-order valence-electron chi connectivity index (χ2n) is 5.55. The van der Waals surface area contributed by atoms with Gasteiger partial charge in [0.15, 0.2) is 0 Å². The lowest BCUT2D eigenvalue weighted by molar-refractivity contribution is -0.133. The Hall–Kier alpha value is -1.93. The number of carbonyl (C=O) groups is 1. The van der Waals surface area contributed by atoms with Crippen molar-refractivity contribution in [3.63, 3.8) is 0 Å². The van der Waals surface area contributed by atoms with E-state index in [0.717, 1.165) is 12.0 Å². The van der Waals surface area contributed by atoms with E-state index in [2.05, 4.69) is 11.9 Å². The molecular weight excluding hydrogens is 240 g/mol. The fourth-order valence-electron chi connectivity index (χ4n) is 3.26. The monoisotopic (exact) mass is 256 g/mol. The predicted molar refractivity (Wildman–Crippen MR) is 70.0 cm³/mol. The third-order valence-electron chi connectivity index (χ3n) is 4.46. The second-order valence-corrected chi connectivity index (χ2v) is 5.55. The average Bonchev–Trinajstić information content (AvgIpc) is 3.03. The fourth-order valence-corrected chi connectivity index (χ4v) is 3.26. The van der Waals surface area contributed by atoms with Crippen LogP contribution in [0.3, 0.4) is 0 Å². The molecule has 1 aromatic carbocycles. The van der Waals surface area contributed by atoms with E-state index in [1.165, 1.54) is 0 Å². The van der Waals surface area contributed by atoms with E-state index in [9.17, 15) is 9.59 Å². The zero-order valence-electron chi connectivity index (χ0n) is 10.9. The van der Waals surface area contributed by atoms with Crippen molar-refractivity contribution < 1.29 is 9.59 Å². The van der Waals surface area contributed by atoms with Crippen molar-refractivity contribution in [3.8, 4) is 0 Å². The van der Waals surface area contributed by atoms with Crippen molar-refractivity contribution in [2.45, 2.75) is 25.9 Å². The number of benzene rings is 1. The van der Waals surface area contributed by atoms with Crippen molar-refractivity contribution in [1.82, 2.24) is 4.90 Å². The number of hydrogen-bond donors (Lipinski definition) is 0. The summed E-state index contributed by atoms with van der Waals surface area (Å²) in [6.07, 6.45) is 2.47. The molecule has 3 rings (SSSR count). The number of rotatable bonds is 3. The van der Waals surface area contributed by atoms with Gasteiger partial charge in [-0.1, -0.05) is 37.3 Å². The van der Waals surface area contributed by atoms with Crippen LogP contribution in [0.1, 0.15) is 18.9 Å². The average molecular weight is 256 g/mol. The summed E-state index contributed by atoms with van der Waals surface area (Å²) in [7, 11) is 0. The van der Waals surface area contributed by atoms with Gasteiger partial charge < -0.3 is 4.90 Å². The zero-order valence-corrected chi connectivity index (χ0v) is 10.9. The molecule has 0 bridgehead atoms. The first-order chi connectivity index (χ1) is 9.18. The van der Waals surface area contributed by atoms with Crippen LogP contribution in [0.15, 0.2) is 35.3 Å². The highest BCUT2D eigenvalue weighted by Gasteiger charge is 2.67. The predicted octanol–water partition coefficient (Wildman–Crippen LogP) is 1.76. The van der Waals surface area contributed by atoms with Gasteiger partial charge in [-0.15, -0.1) is 0 Å². The minimum Gasteiger partial charge on any atom is -0.336 e. The van der Waals surface area contributed by atoms with Crippen LogP contribution in [0, 0.1) is 11.3 Å². The molecule has 4 nitrogen and oxygen atoms in total. The molecule has 2 fully saturated rings. The van der Waals surface area contributed by atoms with Crippen LogP contribution in [0.2, 0.25) is 0 Å². The van der Waals surface area contributed by atoms with Crippen molar-refractivity contribution in [2.75, 3.05) is 6.54 Å². The van der Waals surface area contributed by atoms with Crippen LogP contribution in [-0.2, 0) is 16.1 Å². The Bertz CT molecular complexity index is 551. The van der Waals surface area contributed by atoms with E-state index in [-0.39, 0.29) is 11.9 Å². The van der Waals surface area contributed by atoms with Gasteiger partial charge in [-0.05, 0) is 17.9 Å². The van der Waals surface area contributed by atoms with Crippen LogP contribution in [0.25, 0.3) is 0 Å². The summed E-state index contributed by atoms with van der Waals surface area (Å²) in [4.78, 5) is 28.7. The van der Waals surface area contributed by atoms with E-state index >= 15 is 0 Å². The lowest BCUT2D eigenvalue weighted by atomic mass is 9.98. The maximum Gasteiger partial charge on any atom is 0.235 e. The first kappa shape index (κ1) is 12.1. The van der Waals surface area contributed by atoms with Crippen LogP contribution in [0.4, 0.5) is 0 Å². The molecule has 1 heterocycles. The third-order valence-corrected chi connectivity index (χ3v) is 4.46. The molecule has 4 heteroatoms. The highest BCUT2D eigenvalue weighted by molar-refractivity contribution is 5.89. The Morgan fingerprint density at radius 2 is 2.11 bits per heavy atom. The van der Waals surface area contributed by atoms with Gasteiger partial charge in [0.1, 0.15) is 0 Å². The summed E-state index contributed by atoms with van der Waals surface area (Å²) in [6.45, 7) is 3.18. The quantitative estimate of drug-likeness (QED) is 0.611. The molecule has 1 aliphatic heterocycles. The molecule has 1 amide bonds. The lowest BCUT2D eigenvalue weighted by Crippen LogP contribution is -2.28. The van der Waals surface area contributed by atoms with Gasteiger partial charge in [0.25, 0.3) is 0 Å². The summed E-state index contributed by atoms with van der Waals surface area (Å²) in [5.41, 5.74) is 0.696. The van der Waals surface area contributed by atoms with E-state index in [1.807, 2.05) is 35.2 Å². The van der Waals surface area contributed by atoms with Crippen LogP contribution < -0.4 is 0 Å². The summed E-state index contributed by atoms with van der Waals surface area (Å²) in [6, 6.07) is 9.69. The van der Waals surface area contributed by atoms with Gasteiger partial charge in [-0.25, -0.2) is 4.79 Å². The molecule has 3 atom stereocenters. The van der Waals surface area contributed by atoms with Gasteiger partial charge in [0, 0.05) is 13.1 Å². The van der Waals surface area contributed by atoms with Crippen molar-refractivity contribution >= 4 is 12.0 Å². The van der Waals surface area contributed by atoms with Gasteiger partial charge in [-0.2, -0.15) is 4.99 Å². The topological polar surface area (TPSA) is 49.7 Å². The van der Waals surface area contributed by atoms with Gasteiger partial charge in [0.2, 0.25) is 12.0 Å². The molecule has 19 heavy (non-hydrogen) atoms. The lowest BCUT2D eigenvalue weighted by Gasteiger charge is -2.16. The summed E-state index contributed by atoms with van der Waals surface area (Å²) in [5, 5.41) is 0. The second kappa shape index (κ2) is 4.32. The van der Waals surface area contributed by atoms with Crippen LogP contribution >= 0.6 is 0 Å². The van der Waals surface area contributed by atoms with Crippen LogP contribution in [-0.4, -0.2) is 29.5 Å². The molecular formula is C15H16N2O2. The number of amides is 1. The van der Waals surface area contributed by atoms with E-state index in [0.29, 0.717) is 19.0 Å². The smallest absolute Gasteiger partial charge is 0.235 e. The van der Waals surface area contributed by atoms with Gasteiger partial charge in [-0.3, -0.25) is 4.79 Å². The van der Waals surface area contributed by atoms with E-state index < -0.39 is 5.41 Å². The Kier molecular flexibility index (Phi) is 2.76. The van der Waals surface area contributed by atoms with Crippen molar-refractivity contribution in [1.29, 1.82) is 0 Å². The molecule has 0 aromatic heterocycles. The minimum absolute atomic E-state index is 0.146. The normalized spacial score (nSPS) is 32.5. The Labute approximate surface area is 112 Å². The summed E-state index contributed by atoms with van der Waals surface area (Å²) < 4.78 is 0. The zero-order chi connectivity index (χ0) is 13.5. The maximum atomic E-state index is 12.5. The number of isocyanates is 1. The Morgan fingerprint density at radius 1 is 1.42 bits per heavy atom. The number of nitrogens with zero attached hydrogens (tertiary/aromatic N) is 2. The van der Waals surface area contributed by atoms with Gasteiger partial charge >= 0.3 is 0 Å². The van der Waals surface area contributed by atoms with E-state index in [4.69, 9.17) is 0 Å². The number of hydrogen-bond acceptors (Lipinski definition) is 3. The first-order valence-corrected chi connectivity index (χ1v) is 6.59. The third kappa shape index (κ3) is 1.80. The number of likely N-dealkylation sites (tertiary alicyclic amines) is 1. The molecule has 1 spiro atoms. The molecule has 1 saturated heterocycles. The van der Waals surface area contributed by atoms with Crippen molar-refractivity contribution in [2.24, 2.45) is 16.3 Å². The standard InChI is InChI=1S/C15H16N2O2/c1-11-7-15(11)13(16-10-18)9-17(14(15)19)8-12-5-3-2-4-6-12/h2-6,11,13H,7-9H2,1H3. The molecule has 2 aliphatic rings. The molecule has 3 unspecified atom stereocenters. The van der Waals surface area contributed by atoms with Gasteiger partial charge in [0.05, 0.1) is 11.5 Å².